The van der Waals surface area contributed by atoms with Crippen LogP contribution in [0.5, 0.6) is 5.75 Å². The first-order valence-corrected chi connectivity index (χ1v) is 5.89. The van der Waals surface area contributed by atoms with Gasteiger partial charge in [-0.15, -0.1) is 5.11 Å². The van der Waals surface area contributed by atoms with Crippen molar-refractivity contribution in [3.8, 4) is 5.75 Å². The van der Waals surface area contributed by atoms with Gasteiger partial charge >= 0.3 is 6.09 Å². The molecular formula is C12H13ClN2O3. The molecule has 0 saturated heterocycles. The molecule has 0 radical (unpaired) electrons. The number of fused-ring (bicyclic) bond motifs is 1. The summed E-state index contributed by atoms with van der Waals surface area (Å²) in [5.74, 6) is 0.603. The van der Waals surface area contributed by atoms with Gasteiger partial charge in [0, 0.05) is 12.0 Å². The Balaban J connectivity index is 2.44. The van der Waals surface area contributed by atoms with Crippen molar-refractivity contribution < 1.29 is 14.3 Å². The van der Waals surface area contributed by atoms with Crippen LogP contribution in [0.3, 0.4) is 0 Å². The zero-order valence-corrected chi connectivity index (χ0v) is 11.1. The Labute approximate surface area is 110 Å². The standard InChI is InChI=1S/C12H13ClN2O3/c1-6-4-9(14-15-12(16)17-3)11-8(10(6)13)5-7(2)18-11/h4,7H,5H2,1-3H3. The minimum absolute atomic E-state index is 0.0476. The van der Waals surface area contributed by atoms with Crippen molar-refractivity contribution >= 4 is 23.4 Å². The lowest BCUT2D eigenvalue weighted by Crippen LogP contribution is -2.05. The van der Waals surface area contributed by atoms with E-state index < -0.39 is 6.09 Å². The van der Waals surface area contributed by atoms with Gasteiger partial charge in [-0.3, -0.25) is 0 Å². The van der Waals surface area contributed by atoms with Crippen LogP contribution in [0.25, 0.3) is 0 Å². The van der Waals surface area contributed by atoms with Gasteiger partial charge in [-0.25, -0.2) is 4.79 Å². The summed E-state index contributed by atoms with van der Waals surface area (Å²) in [6.07, 6.45) is 0.0325. The van der Waals surface area contributed by atoms with E-state index in [-0.39, 0.29) is 6.10 Å². The van der Waals surface area contributed by atoms with Crippen LogP contribution in [0.1, 0.15) is 18.1 Å². The highest BCUT2D eigenvalue weighted by Crippen LogP contribution is 2.43. The van der Waals surface area contributed by atoms with E-state index in [2.05, 4.69) is 15.0 Å². The predicted octanol–water partition coefficient (Wildman–Crippen LogP) is 3.82. The number of carbonyl (C=O) groups excluding carboxylic acids is 1. The minimum atomic E-state index is -0.748. The fourth-order valence-corrected chi connectivity index (χ4v) is 2.10. The quantitative estimate of drug-likeness (QED) is 0.728. The van der Waals surface area contributed by atoms with Gasteiger partial charge in [-0.05, 0) is 25.5 Å². The number of benzene rings is 1. The molecule has 1 aromatic rings. The fourth-order valence-electron chi connectivity index (χ4n) is 1.88. The van der Waals surface area contributed by atoms with Gasteiger partial charge in [-0.1, -0.05) is 16.7 Å². The average Bonchev–Trinajstić information content (AvgIpc) is 2.74. The third-order valence-corrected chi connectivity index (χ3v) is 3.22. The molecule has 1 atom stereocenters. The van der Waals surface area contributed by atoms with Crippen molar-refractivity contribution in [1.29, 1.82) is 0 Å². The summed E-state index contributed by atoms with van der Waals surface area (Å²) < 4.78 is 10.0. The number of methoxy groups -OCH3 is 1. The SMILES string of the molecule is COC(=O)N=Nc1cc(C)c(Cl)c2c1OC(C)C2. The van der Waals surface area contributed by atoms with Crippen LogP contribution in [0.2, 0.25) is 5.02 Å². The van der Waals surface area contributed by atoms with Crippen molar-refractivity contribution in [2.75, 3.05) is 7.11 Å². The van der Waals surface area contributed by atoms with E-state index in [4.69, 9.17) is 16.3 Å². The third-order valence-electron chi connectivity index (χ3n) is 2.70. The summed E-state index contributed by atoms with van der Waals surface area (Å²) in [4.78, 5) is 11.0. The highest BCUT2D eigenvalue weighted by molar-refractivity contribution is 6.32. The Morgan fingerprint density at radius 1 is 1.61 bits per heavy atom. The van der Waals surface area contributed by atoms with E-state index in [1.54, 1.807) is 6.07 Å². The third kappa shape index (κ3) is 2.31. The molecule has 2 rings (SSSR count). The number of azo groups is 1. The summed E-state index contributed by atoms with van der Waals surface area (Å²) in [7, 11) is 1.25. The first-order chi connectivity index (χ1) is 8.52. The van der Waals surface area contributed by atoms with Crippen LogP contribution in [0.4, 0.5) is 10.5 Å². The maximum Gasteiger partial charge on any atom is 0.452 e. The number of amides is 1. The number of hydrogen-bond donors (Lipinski definition) is 0. The summed E-state index contributed by atoms with van der Waals surface area (Å²) in [6, 6.07) is 1.74. The van der Waals surface area contributed by atoms with E-state index >= 15 is 0 Å². The van der Waals surface area contributed by atoms with Gasteiger partial charge in [0.05, 0.1) is 12.1 Å². The molecule has 96 valence electrons. The molecule has 1 aliphatic heterocycles. The van der Waals surface area contributed by atoms with Crippen LogP contribution in [-0.4, -0.2) is 19.3 Å². The second kappa shape index (κ2) is 4.94. The van der Waals surface area contributed by atoms with E-state index in [1.165, 1.54) is 7.11 Å². The highest BCUT2D eigenvalue weighted by atomic mass is 35.5. The summed E-state index contributed by atoms with van der Waals surface area (Å²) >= 11 is 6.22. The van der Waals surface area contributed by atoms with Crippen molar-refractivity contribution in [3.63, 3.8) is 0 Å². The lowest BCUT2D eigenvalue weighted by atomic mass is 10.1. The Hall–Kier alpha value is -1.62. The van der Waals surface area contributed by atoms with Crippen LogP contribution < -0.4 is 4.74 Å². The smallest absolute Gasteiger partial charge is 0.452 e. The first kappa shape index (κ1) is 12.8. The molecule has 1 aliphatic rings. The number of halogens is 1. The topological polar surface area (TPSA) is 60.2 Å². The van der Waals surface area contributed by atoms with Gasteiger partial charge in [0.15, 0.2) is 5.75 Å². The minimum Gasteiger partial charge on any atom is -0.488 e. The summed E-state index contributed by atoms with van der Waals surface area (Å²) in [5, 5.41) is 7.97. The van der Waals surface area contributed by atoms with E-state index in [9.17, 15) is 4.79 Å². The maximum absolute atomic E-state index is 11.0. The fraction of sp³-hybridized carbons (Fsp3) is 0.417. The molecule has 0 spiro atoms. The largest absolute Gasteiger partial charge is 0.488 e. The second-order valence-corrected chi connectivity index (χ2v) is 4.51. The Morgan fingerprint density at radius 2 is 2.33 bits per heavy atom. The van der Waals surface area contributed by atoms with Crippen LogP contribution in [-0.2, 0) is 11.2 Å². The number of aryl methyl sites for hydroxylation is 1. The normalized spacial score (nSPS) is 17.7. The molecule has 1 unspecified atom stereocenters. The van der Waals surface area contributed by atoms with Crippen LogP contribution in [0.15, 0.2) is 16.3 Å². The Kier molecular flexibility index (Phi) is 3.52. The molecule has 0 N–H and O–H groups in total. The molecule has 5 nitrogen and oxygen atoms in total. The number of carbonyl (C=O) groups is 1. The molecule has 6 heteroatoms. The van der Waals surface area contributed by atoms with Crippen molar-refractivity contribution in [1.82, 2.24) is 0 Å². The van der Waals surface area contributed by atoms with Crippen molar-refractivity contribution in [2.24, 2.45) is 10.2 Å². The molecule has 1 amide bonds. The molecule has 0 aromatic heterocycles. The molecule has 0 bridgehead atoms. The predicted molar refractivity (Wildman–Crippen MR) is 66.9 cm³/mol. The molecule has 0 fully saturated rings. The van der Waals surface area contributed by atoms with Crippen LogP contribution in [0, 0.1) is 6.92 Å². The van der Waals surface area contributed by atoms with Crippen LogP contribution >= 0.6 is 11.6 Å². The number of ether oxygens (including phenoxy) is 2. The lowest BCUT2D eigenvalue weighted by Gasteiger charge is -2.07. The molecule has 1 heterocycles. The second-order valence-electron chi connectivity index (χ2n) is 4.14. The molecule has 0 aliphatic carbocycles. The van der Waals surface area contributed by atoms with E-state index in [0.29, 0.717) is 16.5 Å². The Morgan fingerprint density at radius 3 is 3.00 bits per heavy atom. The average molecular weight is 269 g/mol. The van der Waals surface area contributed by atoms with E-state index in [0.717, 1.165) is 17.5 Å². The van der Waals surface area contributed by atoms with Gasteiger partial charge in [0.25, 0.3) is 0 Å². The molecular weight excluding hydrogens is 256 g/mol. The van der Waals surface area contributed by atoms with Gasteiger partial charge < -0.3 is 9.47 Å². The summed E-state index contributed by atoms with van der Waals surface area (Å²) in [6.45, 7) is 3.83. The highest BCUT2D eigenvalue weighted by Gasteiger charge is 2.26. The monoisotopic (exact) mass is 268 g/mol. The number of nitrogens with zero attached hydrogens (tertiary/aromatic N) is 2. The van der Waals surface area contributed by atoms with Gasteiger partial charge in [0.1, 0.15) is 11.8 Å². The zero-order valence-electron chi connectivity index (χ0n) is 10.4. The number of rotatable bonds is 1. The zero-order chi connectivity index (χ0) is 13.3. The maximum atomic E-state index is 11.0. The Bertz CT molecular complexity index is 529. The van der Waals surface area contributed by atoms with Gasteiger partial charge in [-0.2, -0.15) is 0 Å². The number of hydrogen-bond acceptors (Lipinski definition) is 4. The summed E-state index contributed by atoms with van der Waals surface area (Å²) in [5.41, 5.74) is 2.30. The van der Waals surface area contributed by atoms with Crippen molar-refractivity contribution in [2.45, 2.75) is 26.4 Å². The van der Waals surface area contributed by atoms with Crippen molar-refractivity contribution in [3.05, 3.63) is 22.2 Å². The first-order valence-electron chi connectivity index (χ1n) is 5.51. The van der Waals surface area contributed by atoms with Gasteiger partial charge in [0.2, 0.25) is 0 Å². The molecule has 1 aromatic carbocycles. The lowest BCUT2D eigenvalue weighted by molar-refractivity contribution is 0.180. The van der Waals surface area contributed by atoms with E-state index in [1.807, 2.05) is 13.8 Å². The molecule has 0 saturated carbocycles. The molecule has 18 heavy (non-hydrogen) atoms.